The van der Waals surface area contributed by atoms with Crippen molar-refractivity contribution in [1.29, 1.82) is 0 Å². The van der Waals surface area contributed by atoms with Crippen LogP contribution in [0.5, 0.6) is 0 Å². The second kappa shape index (κ2) is 12.3. The number of likely N-dealkylation sites (tertiary alicyclic amines) is 1. The smallest absolute Gasteiger partial charge is 0.410 e. The third-order valence-corrected chi connectivity index (χ3v) is 6.81. The number of nitrogens with one attached hydrogen (secondary N) is 2. The number of hydrogen-bond donors (Lipinski definition) is 2. The topological polar surface area (TPSA) is 117 Å². The molecule has 2 N–H and O–H groups in total. The third-order valence-electron chi connectivity index (χ3n) is 6.58. The molecule has 4 amide bonds. The fourth-order valence-electron chi connectivity index (χ4n) is 4.86. The molecule has 2 aromatic rings. The number of benzene rings is 2. The molecule has 214 valence electrons. The molecule has 3 unspecified atom stereocenters. The van der Waals surface area contributed by atoms with Crippen molar-refractivity contribution in [2.75, 3.05) is 30.3 Å². The molecule has 2 aliphatic rings. The maximum Gasteiger partial charge on any atom is 0.410 e. The predicted octanol–water partition coefficient (Wildman–Crippen LogP) is 4.09. The molecule has 0 aromatic heterocycles. The van der Waals surface area contributed by atoms with Crippen LogP contribution in [0.2, 0.25) is 5.02 Å². The highest BCUT2D eigenvalue weighted by Gasteiger charge is 2.49. The lowest BCUT2D eigenvalue weighted by molar-refractivity contribution is -0.168. The van der Waals surface area contributed by atoms with Crippen LogP contribution < -0.4 is 10.6 Å². The highest BCUT2D eigenvalue weighted by molar-refractivity contribution is 6.30. The average Bonchev–Trinajstić information content (AvgIpc) is 3.28. The summed E-state index contributed by atoms with van der Waals surface area (Å²) in [7, 11) is 0. The summed E-state index contributed by atoms with van der Waals surface area (Å²) in [6.45, 7) is 7.73. The molecule has 0 bridgehead atoms. The van der Waals surface area contributed by atoms with E-state index in [1.54, 1.807) is 60.9 Å². The fourth-order valence-corrected chi connectivity index (χ4v) is 5.07. The van der Waals surface area contributed by atoms with Gasteiger partial charge in [0.25, 0.3) is 5.91 Å². The van der Waals surface area contributed by atoms with Gasteiger partial charge in [-0.1, -0.05) is 23.7 Å². The van der Waals surface area contributed by atoms with Gasteiger partial charge in [-0.25, -0.2) is 4.79 Å². The van der Waals surface area contributed by atoms with Crippen molar-refractivity contribution in [3.63, 3.8) is 0 Å². The minimum atomic E-state index is -1.00. The van der Waals surface area contributed by atoms with E-state index < -0.39 is 23.9 Å². The Labute approximate surface area is 238 Å². The Bertz CT molecular complexity index is 1260. The predicted molar refractivity (Wildman–Crippen MR) is 151 cm³/mol. The molecule has 4 rings (SSSR count). The van der Waals surface area contributed by atoms with Crippen molar-refractivity contribution in [1.82, 2.24) is 9.80 Å². The molecule has 2 aliphatic heterocycles. The van der Waals surface area contributed by atoms with E-state index in [0.717, 1.165) is 5.56 Å². The molecule has 2 fully saturated rings. The molecule has 2 saturated heterocycles. The van der Waals surface area contributed by atoms with Crippen molar-refractivity contribution in [2.45, 2.75) is 64.4 Å². The van der Waals surface area contributed by atoms with Gasteiger partial charge in [0.2, 0.25) is 11.8 Å². The van der Waals surface area contributed by atoms with Crippen LogP contribution in [0, 0.1) is 0 Å². The van der Waals surface area contributed by atoms with Crippen LogP contribution in [-0.4, -0.2) is 77.1 Å². The van der Waals surface area contributed by atoms with Crippen LogP contribution in [0.25, 0.3) is 0 Å². The van der Waals surface area contributed by atoms with Gasteiger partial charge in [-0.05, 0) is 69.2 Å². The molecule has 0 saturated carbocycles. The second-order valence-electron chi connectivity index (χ2n) is 11.0. The Kier molecular flexibility index (Phi) is 9.00. The lowest BCUT2D eigenvalue weighted by Crippen LogP contribution is -2.59. The molecular formula is C29H35ClN4O6. The van der Waals surface area contributed by atoms with E-state index in [4.69, 9.17) is 21.1 Å². The zero-order chi connectivity index (χ0) is 29.0. The van der Waals surface area contributed by atoms with E-state index in [1.165, 1.54) is 6.92 Å². The van der Waals surface area contributed by atoms with E-state index in [-0.39, 0.29) is 43.3 Å². The van der Waals surface area contributed by atoms with Crippen LogP contribution in [0.4, 0.5) is 16.2 Å². The summed E-state index contributed by atoms with van der Waals surface area (Å²) in [4.78, 5) is 53.8. The normalized spacial score (nSPS) is 20.6. The number of carbonyl (C=O) groups excluding carboxylic acids is 4. The average molecular weight is 571 g/mol. The first-order chi connectivity index (χ1) is 18.9. The quantitative estimate of drug-likeness (QED) is 0.518. The van der Waals surface area contributed by atoms with E-state index in [0.29, 0.717) is 29.4 Å². The van der Waals surface area contributed by atoms with Crippen LogP contribution in [0.15, 0.2) is 48.5 Å². The molecule has 11 heteroatoms. The van der Waals surface area contributed by atoms with Gasteiger partial charge in [0.1, 0.15) is 11.7 Å². The Morgan fingerprint density at radius 3 is 2.35 bits per heavy atom. The number of ether oxygens (including phenoxy) is 2. The molecule has 0 radical (unpaired) electrons. The Hall–Kier alpha value is -3.63. The second-order valence-corrected chi connectivity index (χ2v) is 11.5. The van der Waals surface area contributed by atoms with Gasteiger partial charge in [-0.3, -0.25) is 14.4 Å². The highest BCUT2D eigenvalue weighted by Crippen LogP contribution is 2.29. The Morgan fingerprint density at radius 1 is 1.05 bits per heavy atom. The third kappa shape index (κ3) is 7.73. The summed E-state index contributed by atoms with van der Waals surface area (Å²) in [5.41, 5.74) is 1.44. The summed E-state index contributed by atoms with van der Waals surface area (Å²) < 4.78 is 11.7. The van der Waals surface area contributed by atoms with Crippen LogP contribution in [0.3, 0.4) is 0 Å². The van der Waals surface area contributed by atoms with Gasteiger partial charge in [-0.15, -0.1) is 0 Å². The SMILES string of the molecule is CC(=O)Nc1ccc(NC(=O)CC2OC3CN(C(=O)OC(C)(C)C)CC3N(CCc3cccc(Cl)c3)C2=O)cc1. The molecular weight excluding hydrogens is 536 g/mol. The molecule has 2 heterocycles. The number of rotatable bonds is 7. The summed E-state index contributed by atoms with van der Waals surface area (Å²) in [6, 6.07) is 13.8. The maximum absolute atomic E-state index is 13.6. The van der Waals surface area contributed by atoms with Crippen molar-refractivity contribution < 1.29 is 28.7 Å². The van der Waals surface area contributed by atoms with Crippen LogP contribution in [0.1, 0.15) is 39.7 Å². The first-order valence-corrected chi connectivity index (χ1v) is 13.6. The zero-order valence-corrected chi connectivity index (χ0v) is 23.9. The molecule has 10 nitrogen and oxygen atoms in total. The van der Waals surface area contributed by atoms with Crippen LogP contribution in [-0.2, 0) is 30.3 Å². The van der Waals surface area contributed by atoms with E-state index in [2.05, 4.69) is 10.6 Å². The molecule has 0 aliphatic carbocycles. The number of amides is 4. The highest BCUT2D eigenvalue weighted by atomic mass is 35.5. The molecule has 0 spiro atoms. The first-order valence-electron chi connectivity index (χ1n) is 13.2. The maximum atomic E-state index is 13.6. The minimum Gasteiger partial charge on any atom is -0.444 e. The Balaban J connectivity index is 1.46. The number of fused-ring (bicyclic) bond motifs is 1. The monoisotopic (exact) mass is 570 g/mol. The molecule has 3 atom stereocenters. The van der Waals surface area contributed by atoms with Crippen molar-refractivity contribution >= 4 is 46.8 Å². The molecule has 40 heavy (non-hydrogen) atoms. The first kappa shape index (κ1) is 29.4. The van der Waals surface area contributed by atoms with Gasteiger partial charge < -0.3 is 29.9 Å². The summed E-state index contributed by atoms with van der Waals surface area (Å²) in [6.07, 6.45) is -1.56. The number of carbonyl (C=O) groups is 4. The number of morpholine rings is 1. The van der Waals surface area contributed by atoms with E-state index in [1.807, 2.05) is 18.2 Å². The number of nitrogens with zero attached hydrogens (tertiary/aromatic N) is 2. The van der Waals surface area contributed by atoms with Gasteiger partial charge in [-0.2, -0.15) is 0 Å². The van der Waals surface area contributed by atoms with Gasteiger partial charge >= 0.3 is 6.09 Å². The Morgan fingerprint density at radius 2 is 1.73 bits per heavy atom. The number of anilines is 2. The number of halogens is 1. The summed E-state index contributed by atoms with van der Waals surface area (Å²) in [5, 5.41) is 6.06. The van der Waals surface area contributed by atoms with E-state index >= 15 is 0 Å². The largest absolute Gasteiger partial charge is 0.444 e. The van der Waals surface area contributed by atoms with Gasteiger partial charge in [0, 0.05) is 36.4 Å². The van der Waals surface area contributed by atoms with Gasteiger partial charge in [0.15, 0.2) is 0 Å². The number of hydrogen-bond acceptors (Lipinski definition) is 6. The fraction of sp³-hybridized carbons (Fsp3) is 0.448. The lowest BCUT2D eigenvalue weighted by atomic mass is 10.0. The van der Waals surface area contributed by atoms with E-state index in [9.17, 15) is 19.2 Å². The van der Waals surface area contributed by atoms with Crippen molar-refractivity contribution in [2.24, 2.45) is 0 Å². The van der Waals surface area contributed by atoms with Gasteiger partial charge in [0.05, 0.1) is 25.1 Å². The summed E-state index contributed by atoms with van der Waals surface area (Å²) in [5.74, 6) is -0.883. The standard InChI is InChI=1S/C29H35ClN4O6/c1-18(35)31-21-8-10-22(11-9-21)32-26(36)15-24-27(37)34(13-12-19-6-5-7-20(30)14-19)23-16-33(17-25(23)39-24)28(38)40-29(2,3)4/h5-11,14,23-25H,12-13,15-17H2,1-4H3,(H,31,35)(H,32,36). The van der Waals surface area contributed by atoms with Crippen molar-refractivity contribution in [3.05, 3.63) is 59.1 Å². The molecule has 2 aromatic carbocycles. The lowest BCUT2D eigenvalue weighted by Gasteiger charge is -2.40. The minimum absolute atomic E-state index is 0.185. The van der Waals surface area contributed by atoms with Crippen molar-refractivity contribution in [3.8, 4) is 0 Å². The van der Waals surface area contributed by atoms with Crippen LogP contribution >= 0.6 is 11.6 Å². The summed E-state index contributed by atoms with van der Waals surface area (Å²) >= 11 is 6.15. The zero-order valence-electron chi connectivity index (χ0n) is 23.1.